The van der Waals surface area contributed by atoms with E-state index in [1.165, 1.54) is 38.6 Å². The van der Waals surface area contributed by atoms with E-state index in [0.29, 0.717) is 0 Å². The summed E-state index contributed by atoms with van der Waals surface area (Å²) in [6, 6.07) is 17.9. The zero-order valence-electron chi connectivity index (χ0n) is 9.44. The Labute approximate surface area is 105 Å². The maximum atomic E-state index is 2.36. The molecule has 0 spiro atoms. The van der Waals surface area contributed by atoms with Crippen LogP contribution in [0.3, 0.4) is 0 Å². The number of benzene rings is 3. The van der Waals surface area contributed by atoms with Crippen molar-refractivity contribution in [2.24, 2.45) is 0 Å². The van der Waals surface area contributed by atoms with E-state index >= 15 is 0 Å². The Morgan fingerprint density at radius 1 is 0.765 bits per heavy atom. The van der Waals surface area contributed by atoms with Gasteiger partial charge in [0.15, 0.2) is 0 Å². The Kier molecular flexibility index (Phi) is 1.97. The molecule has 0 aliphatic carbocycles. The Bertz CT molecular complexity index is 728. The highest BCUT2D eigenvalue weighted by atomic mass is 32.2. The minimum atomic E-state index is 1.17. The normalized spacial score (nSPS) is 14.4. The van der Waals surface area contributed by atoms with E-state index in [0.717, 1.165) is 0 Å². The lowest BCUT2D eigenvalue weighted by Gasteiger charge is -2.07. The molecule has 0 amide bonds. The van der Waals surface area contributed by atoms with Gasteiger partial charge >= 0.3 is 0 Å². The highest BCUT2D eigenvalue weighted by molar-refractivity contribution is 7.98. The number of thioether (sulfide) groups is 1. The van der Waals surface area contributed by atoms with Gasteiger partial charge in [0, 0.05) is 11.5 Å². The predicted molar refractivity (Wildman–Crippen MR) is 76.5 cm³/mol. The van der Waals surface area contributed by atoms with Crippen LogP contribution in [0.4, 0.5) is 0 Å². The summed E-state index contributed by atoms with van der Waals surface area (Å²) in [5.74, 6) is 2.35. The first-order valence-electron chi connectivity index (χ1n) is 5.93. The molecule has 17 heavy (non-hydrogen) atoms. The highest BCUT2D eigenvalue weighted by Gasteiger charge is 2.14. The van der Waals surface area contributed by atoms with Crippen LogP contribution in [0.5, 0.6) is 0 Å². The van der Waals surface area contributed by atoms with Crippen molar-refractivity contribution in [3.05, 3.63) is 59.7 Å². The first kappa shape index (κ1) is 9.55. The minimum Gasteiger partial charge on any atom is -0.152 e. The zero-order valence-corrected chi connectivity index (χ0v) is 10.3. The van der Waals surface area contributed by atoms with Gasteiger partial charge in [0.1, 0.15) is 0 Å². The predicted octanol–water partition coefficient (Wildman–Crippen LogP) is 4.74. The lowest BCUT2D eigenvalue weighted by Crippen LogP contribution is -1.85. The molecule has 0 N–H and O–H groups in total. The van der Waals surface area contributed by atoms with Gasteiger partial charge in [0.2, 0.25) is 0 Å². The van der Waals surface area contributed by atoms with Crippen LogP contribution in [0.25, 0.3) is 21.5 Å². The third kappa shape index (κ3) is 1.39. The molecule has 4 rings (SSSR count). The molecule has 0 saturated heterocycles. The second-order valence-corrected chi connectivity index (χ2v) is 5.60. The van der Waals surface area contributed by atoms with E-state index < -0.39 is 0 Å². The summed E-state index contributed by atoms with van der Waals surface area (Å²) in [7, 11) is 0. The van der Waals surface area contributed by atoms with Crippen molar-refractivity contribution in [3.63, 3.8) is 0 Å². The molecule has 1 heteroatoms. The molecule has 0 aromatic heterocycles. The second kappa shape index (κ2) is 3.51. The van der Waals surface area contributed by atoms with Crippen LogP contribution in [-0.4, -0.2) is 0 Å². The maximum Gasteiger partial charge on any atom is 0.0197 e. The van der Waals surface area contributed by atoms with Crippen molar-refractivity contribution in [3.8, 4) is 0 Å². The fourth-order valence-electron chi connectivity index (χ4n) is 2.69. The third-order valence-corrected chi connectivity index (χ3v) is 4.61. The van der Waals surface area contributed by atoms with Crippen molar-refractivity contribution >= 4 is 33.3 Å². The van der Waals surface area contributed by atoms with Gasteiger partial charge < -0.3 is 0 Å². The first-order chi connectivity index (χ1) is 8.42. The van der Waals surface area contributed by atoms with Gasteiger partial charge in [-0.3, -0.25) is 0 Å². The Morgan fingerprint density at radius 3 is 2.47 bits per heavy atom. The summed E-state index contributed by atoms with van der Waals surface area (Å²) in [5.41, 5.74) is 3.08. The number of hydrogen-bond acceptors (Lipinski definition) is 1. The average molecular weight is 236 g/mol. The molecular weight excluding hydrogens is 224 g/mol. The van der Waals surface area contributed by atoms with Crippen molar-refractivity contribution in [2.45, 2.75) is 11.5 Å². The Balaban J connectivity index is 2.17. The summed E-state index contributed by atoms with van der Waals surface area (Å²) in [5, 5.41) is 5.52. The van der Waals surface area contributed by atoms with Gasteiger partial charge in [-0.25, -0.2) is 0 Å². The van der Waals surface area contributed by atoms with Crippen molar-refractivity contribution < 1.29 is 0 Å². The minimum absolute atomic E-state index is 1.17. The van der Waals surface area contributed by atoms with E-state index in [9.17, 15) is 0 Å². The molecule has 0 saturated carbocycles. The molecule has 0 unspecified atom stereocenters. The molecule has 3 aromatic rings. The van der Waals surface area contributed by atoms with Gasteiger partial charge in [-0.05, 0) is 44.8 Å². The van der Waals surface area contributed by atoms with Crippen LogP contribution in [0.1, 0.15) is 11.1 Å². The molecule has 0 bridgehead atoms. The summed E-state index contributed by atoms with van der Waals surface area (Å²) in [6.45, 7) is 0. The monoisotopic (exact) mass is 236 g/mol. The topological polar surface area (TPSA) is 0 Å². The Hall–Kier alpha value is -1.47. The van der Waals surface area contributed by atoms with Gasteiger partial charge in [0.25, 0.3) is 0 Å². The molecule has 1 aliphatic heterocycles. The number of hydrogen-bond donors (Lipinski definition) is 0. The maximum absolute atomic E-state index is 2.36. The molecule has 0 fully saturated rings. The van der Waals surface area contributed by atoms with E-state index in [1.807, 2.05) is 11.8 Å². The molecule has 0 nitrogen and oxygen atoms in total. The zero-order chi connectivity index (χ0) is 11.2. The third-order valence-electron chi connectivity index (χ3n) is 3.60. The molecule has 0 atom stereocenters. The molecular formula is C16H12S. The van der Waals surface area contributed by atoms with Crippen LogP contribution in [0, 0.1) is 0 Å². The Morgan fingerprint density at radius 2 is 1.59 bits per heavy atom. The highest BCUT2D eigenvalue weighted by Crippen LogP contribution is 2.36. The standard InChI is InChI=1S/C16H12S/c1-2-4-12-8-15-13(7-11(12)3-1)5-6-14-9-17-10-16(14)15/h1-8H,9-10H2. The van der Waals surface area contributed by atoms with E-state index in [1.54, 1.807) is 5.56 Å². The van der Waals surface area contributed by atoms with E-state index in [2.05, 4.69) is 48.5 Å². The van der Waals surface area contributed by atoms with Crippen LogP contribution >= 0.6 is 11.8 Å². The summed E-state index contributed by atoms with van der Waals surface area (Å²) in [4.78, 5) is 0. The lowest BCUT2D eigenvalue weighted by molar-refractivity contribution is 1.39. The van der Waals surface area contributed by atoms with Crippen LogP contribution in [0.15, 0.2) is 48.5 Å². The van der Waals surface area contributed by atoms with E-state index in [-0.39, 0.29) is 0 Å². The summed E-state index contributed by atoms with van der Waals surface area (Å²) >= 11 is 2.02. The molecule has 1 aliphatic rings. The van der Waals surface area contributed by atoms with Crippen molar-refractivity contribution in [1.82, 2.24) is 0 Å². The molecule has 3 aromatic carbocycles. The van der Waals surface area contributed by atoms with Crippen LogP contribution < -0.4 is 0 Å². The van der Waals surface area contributed by atoms with Gasteiger partial charge in [-0.1, -0.05) is 36.4 Å². The van der Waals surface area contributed by atoms with E-state index in [4.69, 9.17) is 0 Å². The second-order valence-electron chi connectivity index (χ2n) is 4.62. The summed E-state index contributed by atoms with van der Waals surface area (Å²) in [6.07, 6.45) is 0. The van der Waals surface area contributed by atoms with Crippen LogP contribution in [-0.2, 0) is 11.5 Å². The first-order valence-corrected chi connectivity index (χ1v) is 7.08. The molecule has 0 radical (unpaired) electrons. The summed E-state index contributed by atoms with van der Waals surface area (Å²) < 4.78 is 0. The van der Waals surface area contributed by atoms with Gasteiger partial charge in [-0.15, -0.1) is 0 Å². The molecule has 82 valence electrons. The van der Waals surface area contributed by atoms with Crippen LogP contribution in [0.2, 0.25) is 0 Å². The van der Waals surface area contributed by atoms with Gasteiger partial charge in [-0.2, -0.15) is 11.8 Å². The quantitative estimate of drug-likeness (QED) is 0.508. The number of rotatable bonds is 0. The molecule has 1 heterocycles. The van der Waals surface area contributed by atoms with Crippen molar-refractivity contribution in [1.29, 1.82) is 0 Å². The van der Waals surface area contributed by atoms with Crippen molar-refractivity contribution in [2.75, 3.05) is 0 Å². The lowest BCUT2D eigenvalue weighted by atomic mass is 9.97. The van der Waals surface area contributed by atoms with Gasteiger partial charge in [0.05, 0.1) is 0 Å². The SMILES string of the molecule is c1ccc2cc3c4c(ccc3cc2c1)CSC4. The largest absolute Gasteiger partial charge is 0.152 e. The fraction of sp³-hybridized carbons (Fsp3) is 0.125. The smallest absolute Gasteiger partial charge is 0.0197 e. The fourth-order valence-corrected chi connectivity index (χ4v) is 3.83. The number of fused-ring (bicyclic) bond motifs is 4. The average Bonchev–Trinajstić information content (AvgIpc) is 2.85.